The lowest BCUT2D eigenvalue weighted by Crippen LogP contribution is -2.70. The fraction of sp³-hybridized carbons (Fsp3) is 0.857. The van der Waals surface area contributed by atoms with Gasteiger partial charge in [-0.15, -0.1) is 0 Å². The number of hydrogen-bond acceptors (Lipinski definition) is 2. The molecule has 0 aromatic carbocycles. The fourth-order valence-electron chi connectivity index (χ4n) is 3.01. The van der Waals surface area contributed by atoms with E-state index in [1.807, 2.05) is 0 Å². The number of carbonyl (C=O) groups is 2. The van der Waals surface area contributed by atoms with Crippen molar-refractivity contribution in [2.45, 2.75) is 63.7 Å². The Morgan fingerprint density at radius 2 is 1.95 bits per heavy atom. The summed E-state index contributed by atoms with van der Waals surface area (Å²) in [6.07, 6.45) is -3.22. The molecule has 7 heteroatoms. The van der Waals surface area contributed by atoms with Crippen molar-refractivity contribution in [1.82, 2.24) is 10.2 Å². The van der Waals surface area contributed by atoms with Crippen molar-refractivity contribution in [3.05, 3.63) is 0 Å². The van der Waals surface area contributed by atoms with Crippen molar-refractivity contribution in [2.24, 2.45) is 5.92 Å². The van der Waals surface area contributed by atoms with Crippen LogP contribution in [0, 0.1) is 5.92 Å². The van der Waals surface area contributed by atoms with E-state index < -0.39 is 24.2 Å². The zero-order valence-corrected chi connectivity index (χ0v) is 12.3. The lowest BCUT2D eigenvalue weighted by molar-refractivity contribution is -0.160. The molecule has 0 spiro atoms. The third-order valence-electron chi connectivity index (χ3n) is 4.51. The van der Waals surface area contributed by atoms with E-state index in [4.69, 9.17) is 0 Å². The molecule has 1 saturated heterocycles. The van der Waals surface area contributed by atoms with Crippen LogP contribution in [0.3, 0.4) is 0 Å². The summed E-state index contributed by atoms with van der Waals surface area (Å²) >= 11 is 0. The van der Waals surface area contributed by atoms with Gasteiger partial charge in [0.1, 0.15) is 11.6 Å². The van der Waals surface area contributed by atoms with Gasteiger partial charge in [-0.1, -0.05) is 6.92 Å². The number of piperazine rings is 1. The summed E-state index contributed by atoms with van der Waals surface area (Å²) < 4.78 is 36.9. The van der Waals surface area contributed by atoms with Gasteiger partial charge in [0.25, 0.3) is 0 Å². The highest BCUT2D eigenvalue weighted by Gasteiger charge is 2.56. The standard InChI is InChI=1S/C14H21F3N2O2/c1-3-10-11(20)19(8-4-7-14(15,16)17)13(2,9-5-6-9)12(21)18-10/h9-10H,3-8H2,1-2H3,(H,18,21). The Balaban J connectivity index is 2.14. The largest absolute Gasteiger partial charge is 0.389 e. The second-order valence-electron chi connectivity index (χ2n) is 6.06. The Bertz CT molecular complexity index is 434. The first-order chi connectivity index (χ1) is 9.70. The third kappa shape index (κ3) is 3.16. The minimum atomic E-state index is -4.23. The van der Waals surface area contributed by atoms with Gasteiger partial charge in [0.2, 0.25) is 11.8 Å². The molecule has 4 nitrogen and oxygen atoms in total. The second-order valence-corrected chi connectivity index (χ2v) is 6.06. The normalized spacial score (nSPS) is 30.5. The maximum Gasteiger partial charge on any atom is 0.389 e. The summed E-state index contributed by atoms with van der Waals surface area (Å²) in [5, 5.41) is 2.71. The molecule has 1 saturated carbocycles. The number of alkyl halides is 3. The summed E-state index contributed by atoms with van der Waals surface area (Å²) in [5.74, 6) is -0.428. The van der Waals surface area contributed by atoms with Gasteiger partial charge in [-0.2, -0.15) is 13.2 Å². The van der Waals surface area contributed by atoms with Gasteiger partial charge < -0.3 is 10.2 Å². The van der Waals surface area contributed by atoms with E-state index in [1.165, 1.54) is 4.90 Å². The minimum absolute atomic E-state index is 0.0186. The quantitative estimate of drug-likeness (QED) is 0.847. The predicted molar refractivity (Wildman–Crippen MR) is 70.4 cm³/mol. The molecule has 21 heavy (non-hydrogen) atoms. The Labute approximate surface area is 122 Å². The van der Waals surface area contributed by atoms with Crippen LogP contribution in [0.15, 0.2) is 0 Å². The van der Waals surface area contributed by atoms with Gasteiger partial charge in [-0.3, -0.25) is 9.59 Å². The number of hydrogen-bond donors (Lipinski definition) is 1. The van der Waals surface area contributed by atoms with Crippen molar-refractivity contribution in [1.29, 1.82) is 0 Å². The molecule has 2 amide bonds. The molecular formula is C14H21F3N2O2. The number of carbonyl (C=O) groups excluding carboxylic acids is 2. The van der Waals surface area contributed by atoms with Gasteiger partial charge in [0.05, 0.1) is 0 Å². The zero-order valence-electron chi connectivity index (χ0n) is 12.3. The molecule has 2 aliphatic rings. The SMILES string of the molecule is CCC1NC(=O)C(C)(C2CC2)N(CCCC(F)(F)F)C1=O. The van der Waals surface area contributed by atoms with Crippen molar-refractivity contribution in [3.8, 4) is 0 Å². The Morgan fingerprint density at radius 3 is 2.43 bits per heavy atom. The average Bonchev–Trinajstić information content (AvgIpc) is 3.21. The van der Waals surface area contributed by atoms with E-state index in [-0.39, 0.29) is 30.7 Å². The van der Waals surface area contributed by atoms with Crippen LogP contribution in [0.2, 0.25) is 0 Å². The average molecular weight is 306 g/mol. The molecule has 0 bridgehead atoms. The van der Waals surface area contributed by atoms with Gasteiger partial charge in [0.15, 0.2) is 0 Å². The first-order valence-corrected chi connectivity index (χ1v) is 7.39. The highest BCUT2D eigenvalue weighted by molar-refractivity contribution is 6.00. The van der Waals surface area contributed by atoms with E-state index in [1.54, 1.807) is 13.8 Å². The van der Waals surface area contributed by atoms with E-state index in [0.29, 0.717) is 6.42 Å². The fourth-order valence-corrected chi connectivity index (χ4v) is 3.01. The molecule has 120 valence electrons. The number of halogens is 3. The predicted octanol–water partition coefficient (Wildman–Crippen LogP) is 2.23. The van der Waals surface area contributed by atoms with Crippen LogP contribution in [0.4, 0.5) is 13.2 Å². The molecule has 0 aromatic rings. The first-order valence-electron chi connectivity index (χ1n) is 7.39. The van der Waals surface area contributed by atoms with Gasteiger partial charge in [-0.25, -0.2) is 0 Å². The van der Waals surface area contributed by atoms with E-state index >= 15 is 0 Å². The van der Waals surface area contributed by atoms with E-state index in [0.717, 1.165) is 12.8 Å². The molecule has 1 aliphatic heterocycles. The Morgan fingerprint density at radius 1 is 1.33 bits per heavy atom. The van der Waals surface area contributed by atoms with Crippen molar-refractivity contribution < 1.29 is 22.8 Å². The lowest BCUT2D eigenvalue weighted by atomic mass is 9.87. The Hall–Kier alpha value is -1.27. The van der Waals surface area contributed by atoms with Crippen LogP contribution in [-0.4, -0.2) is 41.0 Å². The summed E-state index contributed by atoms with van der Waals surface area (Å²) in [6, 6.07) is -0.616. The van der Waals surface area contributed by atoms with Crippen LogP contribution in [0.5, 0.6) is 0 Å². The summed E-state index contributed by atoms with van der Waals surface area (Å²) in [5.41, 5.74) is -0.992. The number of nitrogens with one attached hydrogen (secondary N) is 1. The number of rotatable bonds is 5. The van der Waals surface area contributed by atoms with Crippen LogP contribution in [0.1, 0.15) is 46.0 Å². The first kappa shape index (κ1) is 16.1. The van der Waals surface area contributed by atoms with Gasteiger partial charge in [0, 0.05) is 13.0 Å². The topological polar surface area (TPSA) is 49.4 Å². The lowest BCUT2D eigenvalue weighted by Gasteiger charge is -2.46. The molecule has 0 aromatic heterocycles. The molecule has 2 rings (SSSR count). The maximum absolute atomic E-state index is 12.4. The molecule has 2 unspecified atom stereocenters. The highest BCUT2D eigenvalue weighted by Crippen LogP contribution is 2.45. The smallest absolute Gasteiger partial charge is 0.342 e. The summed E-state index contributed by atoms with van der Waals surface area (Å²) in [7, 11) is 0. The molecular weight excluding hydrogens is 285 g/mol. The minimum Gasteiger partial charge on any atom is -0.342 e. The monoisotopic (exact) mass is 306 g/mol. The second kappa shape index (κ2) is 5.50. The van der Waals surface area contributed by atoms with Gasteiger partial charge >= 0.3 is 6.18 Å². The third-order valence-corrected chi connectivity index (χ3v) is 4.51. The molecule has 1 aliphatic carbocycles. The molecule has 1 N–H and O–H groups in total. The Kier molecular flexibility index (Phi) is 4.22. The summed E-state index contributed by atoms with van der Waals surface area (Å²) in [6.45, 7) is 3.43. The molecule has 0 radical (unpaired) electrons. The number of nitrogens with zero attached hydrogens (tertiary/aromatic N) is 1. The van der Waals surface area contributed by atoms with Crippen LogP contribution < -0.4 is 5.32 Å². The molecule has 1 heterocycles. The zero-order chi connectivity index (χ0) is 15.8. The molecule has 2 fully saturated rings. The molecule has 2 atom stereocenters. The van der Waals surface area contributed by atoms with Crippen molar-refractivity contribution in [3.63, 3.8) is 0 Å². The highest BCUT2D eigenvalue weighted by atomic mass is 19.4. The van der Waals surface area contributed by atoms with Crippen LogP contribution >= 0.6 is 0 Å². The van der Waals surface area contributed by atoms with Crippen LogP contribution in [-0.2, 0) is 9.59 Å². The number of amides is 2. The van der Waals surface area contributed by atoms with E-state index in [9.17, 15) is 22.8 Å². The van der Waals surface area contributed by atoms with Crippen LogP contribution in [0.25, 0.3) is 0 Å². The van der Waals surface area contributed by atoms with Crippen molar-refractivity contribution >= 4 is 11.8 Å². The van der Waals surface area contributed by atoms with Crippen molar-refractivity contribution in [2.75, 3.05) is 6.54 Å². The summed E-state index contributed by atoms with van der Waals surface area (Å²) in [4.78, 5) is 26.2. The van der Waals surface area contributed by atoms with Gasteiger partial charge in [-0.05, 0) is 38.5 Å². The maximum atomic E-state index is 12.4. The van der Waals surface area contributed by atoms with E-state index in [2.05, 4.69) is 5.32 Å².